The van der Waals surface area contributed by atoms with E-state index in [4.69, 9.17) is 0 Å². The number of thiol groups is 2. The van der Waals surface area contributed by atoms with Crippen LogP contribution < -0.4 is 10.6 Å². The highest BCUT2D eigenvalue weighted by Gasteiger charge is 2.01. The zero-order valence-corrected chi connectivity index (χ0v) is 14.2. The lowest BCUT2D eigenvalue weighted by atomic mass is 10.2. The fraction of sp³-hybridized carbons (Fsp3) is 0.308. The van der Waals surface area contributed by atoms with E-state index in [1.54, 1.807) is 18.5 Å². The Labute approximate surface area is 141 Å². The van der Waals surface area contributed by atoms with Gasteiger partial charge in [0.25, 0.3) is 0 Å². The second kappa shape index (κ2) is 10.8. The monoisotopic (exact) mass is 337 g/mol. The van der Waals surface area contributed by atoms with E-state index in [9.17, 15) is 0 Å². The molecule has 0 bridgehead atoms. The normalized spacial score (nSPS) is 13.5. The molecule has 1 aromatic heterocycles. The fourth-order valence-electron chi connectivity index (χ4n) is 1.30. The zero-order valence-electron chi connectivity index (χ0n) is 12.4. The number of rotatable bonds is 6. The van der Waals surface area contributed by atoms with Crippen LogP contribution in [0, 0.1) is 0 Å². The van der Waals surface area contributed by atoms with Gasteiger partial charge in [-0.05, 0) is 26.0 Å². The smallest absolute Gasteiger partial charge is 0.180 e. The van der Waals surface area contributed by atoms with Crippen molar-refractivity contribution in [3.05, 3.63) is 30.1 Å². The van der Waals surface area contributed by atoms with E-state index in [1.807, 2.05) is 19.9 Å². The first-order valence-corrected chi connectivity index (χ1v) is 7.59. The van der Waals surface area contributed by atoms with Crippen molar-refractivity contribution in [2.45, 2.75) is 13.8 Å². The van der Waals surface area contributed by atoms with Gasteiger partial charge in [0.1, 0.15) is 5.71 Å². The lowest BCUT2D eigenvalue weighted by Gasteiger charge is -2.00. The molecule has 0 aliphatic carbocycles. The van der Waals surface area contributed by atoms with Gasteiger partial charge in [0.15, 0.2) is 10.3 Å². The Hall–Kier alpha value is -1.87. The van der Waals surface area contributed by atoms with Gasteiger partial charge in [-0.2, -0.15) is 5.10 Å². The number of aromatic nitrogens is 1. The van der Waals surface area contributed by atoms with Crippen LogP contribution in [-0.4, -0.2) is 40.3 Å². The molecule has 0 fully saturated rings. The molecule has 0 aliphatic rings. The van der Waals surface area contributed by atoms with Crippen LogP contribution in [0.15, 0.2) is 44.9 Å². The molecule has 0 atom stereocenters. The largest absolute Gasteiger partial charge is 0.364 e. The van der Waals surface area contributed by atoms with E-state index in [0.717, 1.165) is 12.1 Å². The van der Waals surface area contributed by atoms with E-state index in [1.165, 1.54) is 6.21 Å². The zero-order chi connectivity index (χ0) is 16.2. The minimum atomic E-state index is 0.420. The van der Waals surface area contributed by atoms with Gasteiger partial charge in [0.2, 0.25) is 0 Å². The maximum absolute atomic E-state index is 4.17. The van der Waals surface area contributed by atoms with Crippen molar-refractivity contribution in [1.82, 2.24) is 15.6 Å². The summed E-state index contributed by atoms with van der Waals surface area (Å²) in [6.45, 7) is 5.33. The fourth-order valence-corrected chi connectivity index (χ4v) is 1.71. The van der Waals surface area contributed by atoms with Crippen LogP contribution in [0.3, 0.4) is 0 Å². The Kier molecular flexibility index (Phi) is 8.92. The highest BCUT2D eigenvalue weighted by molar-refractivity contribution is 7.97. The molecule has 0 radical (unpaired) electrons. The maximum Gasteiger partial charge on any atom is 0.180 e. The van der Waals surface area contributed by atoms with Gasteiger partial charge >= 0.3 is 0 Å². The lowest BCUT2D eigenvalue weighted by molar-refractivity contribution is 0.971. The third-order valence-electron chi connectivity index (χ3n) is 2.21. The summed E-state index contributed by atoms with van der Waals surface area (Å²) in [6.07, 6.45) is 4.84. The van der Waals surface area contributed by atoms with Crippen LogP contribution >= 0.6 is 25.3 Å². The van der Waals surface area contributed by atoms with Crippen LogP contribution in [0.2, 0.25) is 0 Å². The van der Waals surface area contributed by atoms with E-state index in [2.05, 4.69) is 61.3 Å². The molecule has 9 heteroatoms. The predicted octanol–water partition coefficient (Wildman–Crippen LogP) is 1.56. The summed E-state index contributed by atoms with van der Waals surface area (Å²) in [5, 5.41) is 22.6. The van der Waals surface area contributed by atoms with Crippen LogP contribution in [0.25, 0.3) is 0 Å². The topological polar surface area (TPSA) is 86.4 Å². The van der Waals surface area contributed by atoms with Gasteiger partial charge in [-0.25, -0.2) is 0 Å². The van der Waals surface area contributed by atoms with Crippen molar-refractivity contribution in [2.75, 3.05) is 13.1 Å². The highest BCUT2D eigenvalue weighted by Crippen LogP contribution is 1.99. The second-order valence-corrected chi connectivity index (χ2v) is 4.73. The van der Waals surface area contributed by atoms with Crippen LogP contribution in [0.5, 0.6) is 0 Å². The van der Waals surface area contributed by atoms with Gasteiger partial charge in [-0.3, -0.25) is 4.98 Å². The highest BCUT2D eigenvalue weighted by atomic mass is 32.1. The molecule has 0 saturated carbocycles. The molecular weight excluding hydrogens is 318 g/mol. The molecule has 0 amide bonds. The lowest BCUT2D eigenvalue weighted by Crippen LogP contribution is -2.17. The summed E-state index contributed by atoms with van der Waals surface area (Å²) in [5.41, 5.74) is 1.28. The third kappa shape index (κ3) is 7.23. The minimum Gasteiger partial charge on any atom is -0.364 e. The van der Waals surface area contributed by atoms with Crippen molar-refractivity contribution >= 4 is 47.5 Å². The van der Waals surface area contributed by atoms with Crippen molar-refractivity contribution in [3.8, 4) is 0 Å². The first-order valence-electron chi connectivity index (χ1n) is 6.70. The van der Waals surface area contributed by atoms with Gasteiger partial charge in [0.05, 0.1) is 6.21 Å². The molecule has 0 spiro atoms. The number of pyridine rings is 1. The van der Waals surface area contributed by atoms with Crippen molar-refractivity contribution in [2.24, 2.45) is 20.4 Å². The second-order valence-electron chi connectivity index (χ2n) is 3.88. The van der Waals surface area contributed by atoms with Crippen molar-refractivity contribution in [3.63, 3.8) is 0 Å². The van der Waals surface area contributed by atoms with Gasteiger partial charge in [0, 0.05) is 31.0 Å². The van der Waals surface area contributed by atoms with Gasteiger partial charge < -0.3 is 10.6 Å². The van der Waals surface area contributed by atoms with Crippen LogP contribution in [-0.2, 0) is 0 Å². The summed E-state index contributed by atoms with van der Waals surface area (Å²) >= 11 is 8.31. The van der Waals surface area contributed by atoms with E-state index in [-0.39, 0.29) is 0 Å². The summed E-state index contributed by atoms with van der Waals surface area (Å²) in [4.78, 5) is 4.05. The summed E-state index contributed by atoms with van der Waals surface area (Å²) in [7, 11) is 0. The molecule has 118 valence electrons. The Morgan fingerprint density at radius 2 is 1.82 bits per heavy atom. The number of amidine groups is 2. The third-order valence-corrected chi connectivity index (χ3v) is 2.71. The predicted molar refractivity (Wildman–Crippen MR) is 99.5 cm³/mol. The van der Waals surface area contributed by atoms with E-state index < -0.39 is 0 Å². The van der Waals surface area contributed by atoms with Crippen molar-refractivity contribution in [1.29, 1.82) is 0 Å². The van der Waals surface area contributed by atoms with E-state index >= 15 is 0 Å². The number of hydrogen-bond acceptors (Lipinski definition) is 5. The van der Waals surface area contributed by atoms with Gasteiger partial charge in [-0.1, -0.05) is 0 Å². The molecule has 7 nitrogen and oxygen atoms in total. The van der Waals surface area contributed by atoms with Crippen molar-refractivity contribution < 1.29 is 0 Å². The number of hydrogen-bond donors (Lipinski definition) is 4. The molecule has 0 aliphatic heterocycles. The van der Waals surface area contributed by atoms with Gasteiger partial charge in [-0.15, -0.1) is 40.6 Å². The Morgan fingerprint density at radius 3 is 2.41 bits per heavy atom. The summed E-state index contributed by atoms with van der Waals surface area (Å²) in [5.74, 6) is 0. The minimum absolute atomic E-state index is 0.420. The molecule has 1 heterocycles. The molecule has 0 unspecified atom stereocenters. The molecule has 0 saturated heterocycles. The molecule has 1 aromatic rings. The Bertz CT molecular complexity index is 567. The maximum atomic E-state index is 4.17. The SMILES string of the molecule is CCN/C(S)=N/N=C/C(=N/N=C(\S)NCC)c1cccnc1. The first-order chi connectivity index (χ1) is 10.7. The summed E-state index contributed by atoms with van der Waals surface area (Å²) in [6, 6.07) is 3.66. The molecular formula is C13H19N7S2. The number of nitrogens with one attached hydrogen (secondary N) is 2. The molecule has 22 heavy (non-hydrogen) atoms. The molecule has 2 N–H and O–H groups in total. The molecule has 0 aromatic carbocycles. The average Bonchev–Trinajstić information content (AvgIpc) is 2.52. The Morgan fingerprint density at radius 1 is 1.14 bits per heavy atom. The molecule has 1 rings (SSSR count). The number of nitrogens with zero attached hydrogens (tertiary/aromatic N) is 5. The summed E-state index contributed by atoms with van der Waals surface area (Å²) < 4.78 is 0. The standard InChI is InChI=1S/C13H19N7S2/c1-3-15-12(21)19-17-9-11(10-6-5-7-14-8-10)18-20-13(22)16-4-2/h5-9H,3-4H2,1-2H3,(H2,15,19,21)(H2,16,20,22)/b17-9+,18-11-. The van der Waals surface area contributed by atoms with Crippen LogP contribution in [0.4, 0.5) is 0 Å². The quantitative estimate of drug-likeness (QED) is 0.275. The van der Waals surface area contributed by atoms with E-state index in [0.29, 0.717) is 22.6 Å². The first kappa shape index (κ1) is 18.2. The Balaban J connectivity index is 2.98. The van der Waals surface area contributed by atoms with Crippen LogP contribution in [0.1, 0.15) is 19.4 Å². The average molecular weight is 337 g/mol.